The number of nitrogens with zero attached hydrogens (tertiary/aromatic N) is 4. The summed E-state index contributed by atoms with van der Waals surface area (Å²) in [6, 6.07) is 7.99. The molecule has 3 aliphatic rings. The molecular formula is C34H35FeN4O4S2+. The molecule has 0 amide bonds. The van der Waals surface area contributed by atoms with Gasteiger partial charge in [0.25, 0.3) is 0 Å². The van der Waals surface area contributed by atoms with E-state index in [1.165, 1.54) is 17.3 Å². The van der Waals surface area contributed by atoms with Gasteiger partial charge in [-0.2, -0.15) is 12.6 Å². The van der Waals surface area contributed by atoms with Crippen LogP contribution in [0.1, 0.15) is 78.1 Å². The van der Waals surface area contributed by atoms with Gasteiger partial charge in [-0.15, -0.1) is 22.1 Å². The number of aromatic nitrogens is 4. The molecule has 45 heavy (non-hydrogen) atoms. The average molecular weight is 684 g/mol. The first-order chi connectivity index (χ1) is 21.0. The molecule has 3 aromatic rings. The van der Waals surface area contributed by atoms with E-state index in [2.05, 4.69) is 32.5 Å². The van der Waals surface area contributed by atoms with E-state index in [9.17, 15) is 19.8 Å². The van der Waals surface area contributed by atoms with Crippen molar-refractivity contribution >= 4 is 80.7 Å². The van der Waals surface area contributed by atoms with Gasteiger partial charge < -0.3 is 20.2 Å². The predicted molar refractivity (Wildman–Crippen MR) is 181 cm³/mol. The molecule has 8 bridgehead atoms. The molecule has 0 spiro atoms. The van der Waals surface area contributed by atoms with Crippen LogP contribution in [0.4, 0.5) is 0 Å². The van der Waals surface area contributed by atoms with Gasteiger partial charge in [0.15, 0.2) is 11.0 Å². The van der Waals surface area contributed by atoms with Crippen LogP contribution >= 0.6 is 12.6 Å². The number of fused-ring (bicyclic) bond motifs is 8. The summed E-state index contributed by atoms with van der Waals surface area (Å²) in [6.07, 6.45) is 1.33. The second-order valence-corrected chi connectivity index (χ2v) is 13.4. The molecule has 0 saturated carbocycles. The molecule has 6 heterocycles. The molecule has 0 aromatic carbocycles. The fraction of sp³-hybridized carbons (Fsp3) is 0.353. The molecule has 0 radical (unpaired) electrons. The SMILES string of the molecule is CC1=C(CCC(=O)O)c2cc3[n-]c(cc4nc(cc5[n-]c(cc1n2)c(CCS)c5C)C([C@@H]1C[SH+]1)=C4C)c(C)c3CCC(=O)O.[Fe+2]. The Bertz CT molecular complexity index is 1950. The zero-order chi connectivity index (χ0) is 31.3. The number of rotatable bonds is 9. The topological polar surface area (TPSA) is 129 Å². The summed E-state index contributed by atoms with van der Waals surface area (Å²) in [5, 5.41) is 19.5. The van der Waals surface area contributed by atoms with Crippen LogP contribution in [0.2, 0.25) is 0 Å². The van der Waals surface area contributed by atoms with Crippen LogP contribution in [0.5, 0.6) is 0 Å². The van der Waals surface area contributed by atoms with Crippen molar-refractivity contribution in [2.45, 2.75) is 65.0 Å². The van der Waals surface area contributed by atoms with Gasteiger partial charge in [-0.1, -0.05) is 46.5 Å². The maximum atomic E-state index is 11.6. The van der Waals surface area contributed by atoms with Crippen LogP contribution in [-0.4, -0.2) is 48.9 Å². The van der Waals surface area contributed by atoms with E-state index in [1.807, 2.05) is 32.0 Å². The van der Waals surface area contributed by atoms with Crippen LogP contribution in [0.25, 0.3) is 44.4 Å². The zero-order valence-electron chi connectivity index (χ0n) is 25.6. The molecule has 11 heteroatoms. The summed E-state index contributed by atoms with van der Waals surface area (Å²) < 4.78 is 0. The van der Waals surface area contributed by atoms with Crippen molar-refractivity contribution in [3.63, 3.8) is 0 Å². The molecule has 0 unspecified atom stereocenters. The fourth-order valence-corrected chi connectivity index (χ4v) is 7.23. The van der Waals surface area contributed by atoms with Gasteiger partial charge in [-0.3, -0.25) is 9.59 Å². The second kappa shape index (κ2) is 13.2. The number of carbonyl (C=O) groups is 2. The molecule has 1 saturated heterocycles. The molecule has 1 atom stereocenters. The number of aliphatic carboxylic acids is 2. The smallest absolute Gasteiger partial charge is 0.657 e. The normalized spacial score (nSPS) is 15.8. The fourth-order valence-electron chi connectivity index (χ4n) is 6.21. The van der Waals surface area contributed by atoms with Crippen LogP contribution < -0.4 is 9.97 Å². The van der Waals surface area contributed by atoms with E-state index in [-0.39, 0.29) is 29.9 Å². The molecule has 8 nitrogen and oxygen atoms in total. The van der Waals surface area contributed by atoms with Gasteiger partial charge in [0, 0.05) is 18.4 Å². The molecule has 234 valence electrons. The molecule has 1 fully saturated rings. The largest absolute Gasteiger partial charge is 2.00 e. The Morgan fingerprint density at radius 3 is 1.84 bits per heavy atom. The van der Waals surface area contributed by atoms with Crippen molar-refractivity contribution in [1.29, 1.82) is 0 Å². The van der Waals surface area contributed by atoms with Crippen molar-refractivity contribution in [2.75, 3.05) is 11.5 Å². The Morgan fingerprint density at radius 2 is 1.27 bits per heavy atom. The van der Waals surface area contributed by atoms with E-state index in [0.29, 0.717) is 35.1 Å². The van der Waals surface area contributed by atoms with E-state index in [0.717, 1.165) is 84.8 Å². The number of hydrogen-bond donors (Lipinski definition) is 3. The first-order valence-corrected chi connectivity index (χ1v) is 16.6. The maximum Gasteiger partial charge on any atom is 2.00 e. The summed E-state index contributed by atoms with van der Waals surface area (Å²) in [7, 11) is 0. The van der Waals surface area contributed by atoms with Gasteiger partial charge in [0.2, 0.25) is 0 Å². The quantitative estimate of drug-likeness (QED) is 0.115. The predicted octanol–water partition coefficient (Wildman–Crippen LogP) is 5.60. The summed E-state index contributed by atoms with van der Waals surface area (Å²) in [4.78, 5) is 43.4. The summed E-state index contributed by atoms with van der Waals surface area (Å²) >= 11 is 5.93. The van der Waals surface area contributed by atoms with Crippen molar-refractivity contribution in [3.05, 3.63) is 69.3 Å². The Balaban J connectivity index is 0.00000400. The van der Waals surface area contributed by atoms with Crippen LogP contribution in [0, 0.1) is 13.8 Å². The minimum absolute atomic E-state index is 0. The Labute approximate surface area is 282 Å². The number of allylic oxidation sites excluding steroid dienone is 3. The van der Waals surface area contributed by atoms with Crippen molar-refractivity contribution in [1.82, 2.24) is 19.9 Å². The third kappa shape index (κ3) is 6.54. The van der Waals surface area contributed by atoms with Gasteiger partial charge in [-0.05, 0) is 81.2 Å². The van der Waals surface area contributed by atoms with Gasteiger partial charge in [0.05, 0.1) is 22.8 Å². The monoisotopic (exact) mass is 683 g/mol. The van der Waals surface area contributed by atoms with Gasteiger partial charge in [-0.25, -0.2) is 9.97 Å². The Kier molecular flexibility index (Phi) is 9.75. The third-order valence-corrected chi connectivity index (χ3v) is 10.0. The Hall–Kier alpha value is -3.24. The van der Waals surface area contributed by atoms with Crippen molar-refractivity contribution in [2.24, 2.45) is 0 Å². The van der Waals surface area contributed by atoms with Crippen LogP contribution in [-0.2, 0) is 51.3 Å². The number of thiol groups is 2. The standard InChI is InChI=1S/C34H36N4O4S2.Fe/c1-16-20(5-7-32(39)40)28-14-29-21(6-8-33(41)42)17(2)24(36-29)12-27-22(9-10-43)18(3)25(37-27)13-30-34(31-15-44-31)19(4)26(38-30)11-23(16)35-28;/h11-14,31H,5-10,15H2,1-4H3,(H5,35,36,37,38,39,40,41,42,43);/q;+2/p-1/t31-;/m0./s1. The van der Waals surface area contributed by atoms with Gasteiger partial charge >= 0.3 is 29.0 Å². The molecule has 3 aliphatic heterocycles. The van der Waals surface area contributed by atoms with Crippen LogP contribution in [0.15, 0.2) is 24.3 Å². The van der Waals surface area contributed by atoms with Gasteiger partial charge in [0.1, 0.15) is 0 Å². The first kappa shape index (κ1) is 33.1. The van der Waals surface area contributed by atoms with E-state index in [1.54, 1.807) is 0 Å². The van der Waals surface area contributed by atoms with E-state index < -0.39 is 11.9 Å². The number of hydrogen-bond acceptors (Lipinski definition) is 5. The summed E-state index contributed by atoms with van der Waals surface area (Å²) in [5.41, 5.74) is 14.4. The van der Waals surface area contributed by atoms with Crippen molar-refractivity contribution < 1.29 is 36.9 Å². The summed E-state index contributed by atoms with van der Waals surface area (Å²) in [6.45, 7) is 8.16. The Morgan fingerprint density at radius 1 is 0.778 bits per heavy atom. The third-order valence-electron chi connectivity index (χ3n) is 8.80. The van der Waals surface area contributed by atoms with Crippen molar-refractivity contribution in [3.8, 4) is 0 Å². The second-order valence-electron chi connectivity index (χ2n) is 11.6. The number of carboxylic acids is 2. The molecule has 3 aromatic heterocycles. The number of aryl methyl sites for hydroxylation is 4. The maximum absolute atomic E-state index is 11.6. The molecule has 0 aliphatic carbocycles. The molecule has 6 rings (SSSR count). The molecular weight excluding hydrogens is 648 g/mol. The zero-order valence-corrected chi connectivity index (χ0v) is 28.5. The van der Waals surface area contributed by atoms with E-state index >= 15 is 0 Å². The minimum atomic E-state index is -0.881. The molecule has 2 N–H and O–H groups in total. The average Bonchev–Trinajstić information content (AvgIpc) is 3.53. The first-order valence-electron chi connectivity index (χ1n) is 14.8. The number of carboxylic acid groups (broad SMARTS) is 2. The minimum Gasteiger partial charge on any atom is -0.657 e. The summed E-state index contributed by atoms with van der Waals surface area (Å²) in [5.74, 6) is 0.0289. The van der Waals surface area contributed by atoms with Crippen LogP contribution in [0.3, 0.4) is 0 Å². The van der Waals surface area contributed by atoms with E-state index in [4.69, 9.17) is 19.9 Å².